The van der Waals surface area contributed by atoms with Crippen molar-refractivity contribution in [3.8, 4) is 0 Å². The summed E-state index contributed by atoms with van der Waals surface area (Å²) in [5, 5.41) is 0. The number of anilines is 2. The minimum Gasteiger partial charge on any atom is -0.329 e. The number of aromatic nitrogens is 1. The predicted octanol–water partition coefficient (Wildman–Crippen LogP) is 4.81. The van der Waals surface area contributed by atoms with E-state index >= 15 is 0 Å². The molecule has 100 valence electrons. The Morgan fingerprint density at radius 2 is 1.79 bits per heavy atom. The molecule has 0 N–H and O–H groups in total. The second-order valence-electron chi connectivity index (χ2n) is 5.16. The van der Waals surface area contributed by atoms with Crippen molar-refractivity contribution in [3.05, 3.63) is 52.6 Å². The van der Waals surface area contributed by atoms with Gasteiger partial charge in [-0.2, -0.15) is 0 Å². The maximum Gasteiger partial charge on any atom is 0.132 e. The number of rotatable bonds is 4. The lowest BCUT2D eigenvalue weighted by Gasteiger charge is -2.18. The van der Waals surface area contributed by atoms with Gasteiger partial charge >= 0.3 is 0 Å². The monoisotopic (exact) mass is 318 g/mol. The van der Waals surface area contributed by atoms with Crippen LogP contribution >= 0.6 is 15.9 Å². The van der Waals surface area contributed by atoms with Crippen LogP contribution in [0.25, 0.3) is 0 Å². The smallest absolute Gasteiger partial charge is 0.132 e. The second kappa shape index (κ2) is 6.20. The van der Waals surface area contributed by atoms with E-state index < -0.39 is 0 Å². The maximum absolute atomic E-state index is 4.40. The van der Waals surface area contributed by atoms with Gasteiger partial charge in [-0.1, -0.05) is 26.0 Å². The van der Waals surface area contributed by atoms with Crippen LogP contribution in [0, 0.1) is 5.92 Å². The first-order valence-electron chi connectivity index (χ1n) is 6.50. The molecule has 3 heteroatoms. The predicted molar refractivity (Wildman–Crippen MR) is 85.0 cm³/mol. The van der Waals surface area contributed by atoms with Crippen molar-refractivity contribution >= 4 is 27.4 Å². The molecule has 1 aromatic carbocycles. The standard InChI is InChI=1S/C16H19BrN2/c1-12(2)10-13-4-7-15(8-5-13)19(3)16-9-6-14(17)11-18-16/h4-9,11-12H,10H2,1-3H3. The lowest BCUT2D eigenvalue weighted by molar-refractivity contribution is 0.647. The van der Waals surface area contributed by atoms with E-state index in [1.54, 1.807) is 0 Å². The number of benzene rings is 1. The molecule has 2 nitrogen and oxygen atoms in total. The Hall–Kier alpha value is -1.35. The lowest BCUT2D eigenvalue weighted by atomic mass is 10.0. The van der Waals surface area contributed by atoms with Gasteiger partial charge in [0.25, 0.3) is 0 Å². The van der Waals surface area contributed by atoms with Crippen LogP contribution in [-0.2, 0) is 6.42 Å². The van der Waals surface area contributed by atoms with Crippen LogP contribution in [0.15, 0.2) is 47.1 Å². The van der Waals surface area contributed by atoms with Gasteiger partial charge in [0.15, 0.2) is 0 Å². The summed E-state index contributed by atoms with van der Waals surface area (Å²) in [7, 11) is 2.04. The Labute approximate surface area is 123 Å². The Balaban J connectivity index is 2.15. The van der Waals surface area contributed by atoms with Crippen molar-refractivity contribution in [3.63, 3.8) is 0 Å². The summed E-state index contributed by atoms with van der Waals surface area (Å²) < 4.78 is 0.997. The molecule has 19 heavy (non-hydrogen) atoms. The first-order chi connectivity index (χ1) is 9.06. The molecule has 0 spiro atoms. The molecule has 0 amide bonds. The Kier molecular flexibility index (Phi) is 4.59. The Bertz CT molecular complexity index is 517. The van der Waals surface area contributed by atoms with E-state index in [9.17, 15) is 0 Å². The maximum atomic E-state index is 4.40. The summed E-state index contributed by atoms with van der Waals surface area (Å²) in [5.41, 5.74) is 2.54. The van der Waals surface area contributed by atoms with Crippen LogP contribution in [0.5, 0.6) is 0 Å². The topological polar surface area (TPSA) is 16.1 Å². The van der Waals surface area contributed by atoms with Crippen LogP contribution in [0.3, 0.4) is 0 Å². The van der Waals surface area contributed by atoms with Crippen molar-refractivity contribution in [2.45, 2.75) is 20.3 Å². The van der Waals surface area contributed by atoms with E-state index in [1.165, 1.54) is 5.56 Å². The minimum atomic E-state index is 0.691. The van der Waals surface area contributed by atoms with Crippen molar-refractivity contribution in [1.29, 1.82) is 0 Å². The van der Waals surface area contributed by atoms with Gasteiger partial charge in [-0.05, 0) is 58.1 Å². The zero-order valence-electron chi connectivity index (χ0n) is 11.6. The molecule has 0 aliphatic heterocycles. The van der Waals surface area contributed by atoms with E-state index in [1.807, 2.05) is 25.4 Å². The highest BCUT2D eigenvalue weighted by Crippen LogP contribution is 2.23. The molecule has 1 aromatic heterocycles. The third kappa shape index (κ3) is 3.80. The zero-order chi connectivity index (χ0) is 13.8. The fraction of sp³-hybridized carbons (Fsp3) is 0.312. The van der Waals surface area contributed by atoms with Crippen molar-refractivity contribution in [2.24, 2.45) is 5.92 Å². The molecule has 0 bridgehead atoms. The van der Waals surface area contributed by atoms with Gasteiger partial charge in [-0.15, -0.1) is 0 Å². The number of hydrogen-bond donors (Lipinski definition) is 0. The molecule has 0 unspecified atom stereocenters. The summed E-state index contributed by atoms with van der Waals surface area (Å²) in [4.78, 5) is 6.49. The molecule has 0 fully saturated rings. The summed E-state index contributed by atoms with van der Waals surface area (Å²) in [6.45, 7) is 4.48. The number of nitrogens with zero attached hydrogens (tertiary/aromatic N) is 2. The number of pyridine rings is 1. The molecule has 0 atom stereocenters. The zero-order valence-corrected chi connectivity index (χ0v) is 13.2. The molecule has 2 aromatic rings. The third-order valence-corrected chi connectivity index (χ3v) is 3.49. The van der Waals surface area contributed by atoms with Crippen LogP contribution in [-0.4, -0.2) is 12.0 Å². The Morgan fingerprint density at radius 3 is 2.32 bits per heavy atom. The van der Waals surface area contributed by atoms with Gasteiger partial charge in [0.05, 0.1) is 0 Å². The van der Waals surface area contributed by atoms with Gasteiger partial charge in [0, 0.05) is 23.4 Å². The molecule has 0 aliphatic rings. The minimum absolute atomic E-state index is 0.691. The van der Waals surface area contributed by atoms with Crippen LogP contribution < -0.4 is 4.90 Å². The molecule has 0 radical (unpaired) electrons. The molecule has 0 saturated carbocycles. The summed E-state index contributed by atoms with van der Waals surface area (Å²) in [6, 6.07) is 12.7. The fourth-order valence-electron chi connectivity index (χ4n) is 2.03. The average Bonchev–Trinajstić information content (AvgIpc) is 2.39. The highest BCUT2D eigenvalue weighted by Gasteiger charge is 2.05. The highest BCUT2D eigenvalue weighted by atomic mass is 79.9. The summed E-state index contributed by atoms with van der Waals surface area (Å²) in [6.07, 6.45) is 2.94. The first kappa shape index (κ1) is 14.1. The van der Waals surface area contributed by atoms with Crippen LogP contribution in [0.4, 0.5) is 11.5 Å². The first-order valence-corrected chi connectivity index (χ1v) is 7.30. The van der Waals surface area contributed by atoms with Crippen molar-refractivity contribution in [1.82, 2.24) is 4.98 Å². The third-order valence-electron chi connectivity index (χ3n) is 3.02. The largest absolute Gasteiger partial charge is 0.329 e. The molecule has 0 saturated heterocycles. The molecular weight excluding hydrogens is 300 g/mol. The van der Waals surface area contributed by atoms with Crippen molar-refractivity contribution in [2.75, 3.05) is 11.9 Å². The van der Waals surface area contributed by atoms with Crippen LogP contribution in [0.2, 0.25) is 0 Å². The summed E-state index contributed by atoms with van der Waals surface area (Å²) >= 11 is 3.40. The lowest BCUT2D eigenvalue weighted by Crippen LogP contribution is -2.10. The van der Waals surface area contributed by atoms with Gasteiger partial charge in [-0.3, -0.25) is 0 Å². The molecular formula is C16H19BrN2. The van der Waals surface area contributed by atoms with Gasteiger partial charge < -0.3 is 4.90 Å². The van der Waals surface area contributed by atoms with Gasteiger partial charge in [0.2, 0.25) is 0 Å². The van der Waals surface area contributed by atoms with E-state index in [4.69, 9.17) is 0 Å². The van der Waals surface area contributed by atoms with Gasteiger partial charge in [0.1, 0.15) is 5.82 Å². The molecule has 1 heterocycles. The van der Waals surface area contributed by atoms with E-state index in [2.05, 4.69) is 63.9 Å². The quantitative estimate of drug-likeness (QED) is 0.804. The number of hydrogen-bond acceptors (Lipinski definition) is 2. The highest BCUT2D eigenvalue weighted by molar-refractivity contribution is 9.10. The summed E-state index contributed by atoms with van der Waals surface area (Å²) in [5.74, 6) is 1.64. The Morgan fingerprint density at radius 1 is 1.11 bits per heavy atom. The normalized spacial score (nSPS) is 10.8. The van der Waals surface area contributed by atoms with Gasteiger partial charge in [-0.25, -0.2) is 4.98 Å². The molecule has 2 rings (SSSR count). The average molecular weight is 319 g/mol. The second-order valence-corrected chi connectivity index (χ2v) is 6.07. The van der Waals surface area contributed by atoms with E-state index in [-0.39, 0.29) is 0 Å². The van der Waals surface area contributed by atoms with Crippen LogP contribution in [0.1, 0.15) is 19.4 Å². The SMILES string of the molecule is CC(C)Cc1ccc(N(C)c2ccc(Br)cn2)cc1. The van der Waals surface area contributed by atoms with E-state index in [0.29, 0.717) is 5.92 Å². The van der Waals surface area contributed by atoms with E-state index in [0.717, 1.165) is 22.4 Å². The number of halogens is 1. The molecule has 0 aliphatic carbocycles. The fourth-order valence-corrected chi connectivity index (χ4v) is 2.26. The van der Waals surface area contributed by atoms with Crippen molar-refractivity contribution < 1.29 is 0 Å².